The van der Waals surface area contributed by atoms with Crippen LogP contribution in [-0.4, -0.2) is 47.0 Å². The summed E-state index contributed by atoms with van der Waals surface area (Å²) in [6.45, 7) is 2.06. The van der Waals surface area contributed by atoms with Crippen LogP contribution < -0.4 is 5.32 Å². The van der Waals surface area contributed by atoms with Crippen molar-refractivity contribution in [2.24, 2.45) is 0 Å². The first-order valence-corrected chi connectivity index (χ1v) is 8.51. The van der Waals surface area contributed by atoms with Gasteiger partial charge in [-0.3, -0.25) is 4.68 Å². The minimum Gasteiger partial charge on any atom is -0.376 e. The Kier molecular flexibility index (Phi) is 5.65. The molecule has 6 nitrogen and oxygen atoms in total. The van der Waals surface area contributed by atoms with Gasteiger partial charge < -0.3 is 15.0 Å². The van der Waals surface area contributed by atoms with E-state index in [-0.39, 0.29) is 18.0 Å². The fourth-order valence-corrected chi connectivity index (χ4v) is 2.79. The van der Waals surface area contributed by atoms with Gasteiger partial charge in [0.15, 0.2) is 0 Å². The number of aromatic nitrogens is 2. The number of nitrogens with zero attached hydrogens (tertiary/aromatic N) is 3. The molecule has 1 aromatic heterocycles. The lowest BCUT2D eigenvalue weighted by Gasteiger charge is -2.17. The number of amides is 2. The molecule has 1 N–H and O–H groups in total. The summed E-state index contributed by atoms with van der Waals surface area (Å²) in [4.78, 5) is 13.8. The Morgan fingerprint density at radius 1 is 1.44 bits per heavy atom. The van der Waals surface area contributed by atoms with E-state index in [1.807, 2.05) is 6.20 Å². The van der Waals surface area contributed by atoms with Crippen LogP contribution in [0.4, 0.5) is 14.9 Å². The average Bonchev–Trinajstić information content (AvgIpc) is 3.26. The van der Waals surface area contributed by atoms with Crippen LogP contribution in [0, 0.1) is 5.82 Å². The largest absolute Gasteiger partial charge is 0.376 e. The van der Waals surface area contributed by atoms with E-state index >= 15 is 0 Å². The van der Waals surface area contributed by atoms with E-state index in [2.05, 4.69) is 10.4 Å². The van der Waals surface area contributed by atoms with Crippen molar-refractivity contribution in [1.29, 1.82) is 0 Å². The van der Waals surface area contributed by atoms with E-state index < -0.39 is 0 Å². The number of urea groups is 1. The molecule has 1 aliphatic rings. The van der Waals surface area contributed by atoms with Crippen molar-refractivity contribution >= 4 is 11.7 Å². The number of ether oxygens (including phenoxy) is 1. The highest BCUT2D eigenvalue weighted by Crippen LogP contribution is 2.15. The van der Waals surface area contributed by atoms with Crippen LogP contribution in [0.3, 0.4) is 0 Å². The Morgan fingerprint density at radius 2 is 2.24 bits per heavy atom. The smallest absolute Gasteiger partial charge is 0.321 e. The monoisotopic (exact) mass is 346 g/mol. The van der Waals surface area contributed by atoms with Gasteiger partial charge in [-0.05, 0) is 37.0 Å². The number of hydrogen-bond donors (Lipinski definition) is 1. The van der Waals surface area contributed by atoms with Crippen molar-refractivity contribution in [1.82, 2.24) is 14.7 Å². The molecule has 0 aliphatic carbocycles. The lowest BCUT2D eigenvalue weighted by molar-refractivity contribution is 0.0940. The zero-order valence-corrected chi connectivity index (χ0v) is 14.3. The fraction of sp³-hybridized carbons (Fsp3) is 0.444. The highest BCUT2D eigenvalue weighted by molar-refractivity contribution is 5.88. The SMILES string of the molecule is CN(CCc1ccc(F)cc1)C(=O)Nc1cnn(CC2CCCO2)c1. The third kappa shape index (κ3) is 5.03. The molecule has 1 aromatic carbocycles. The van der Waals surface area contributed by atoms with Gasteiger partial charge in [0.25, 0.3) is 0 Å². The maximum Gasteiger partial charge on any atom is 0.321 e. The van der Waals surface area contributed by atoms with Crippen molar-refractivity contribution in [3.8, 4) is 0 Å². The summed E-state index contributed by atoms with van der Waals surface area (Å²) in [6.07, 6.45) is 6.47. The van der Waals surface area contributed by atoms with Gasteiger partial charge in [-0.2, -0.15) is 5.10 Å². The van der Waals surface area contributed by atoms with Crippen LogP contribution in [0.25, 0.3) is 0 Å². The molecule has 0 radical (unpaired) electrons. The van der Waals surface area contributed by atoms with Gasteiger partial charge in [0.2, 0.25) is 0 Å². The van der Waals surface area contributed by atoms with Gasteiger partial charge in [0.1, 0.15) is 5.82 Å². The number of anilines is 1. The van der Waals surface area contributed by atoms with Gasteiger partial charge in [-0.25, -0.2) is 9.18 Å². The van der Waals surface area contributed by atoms with Crippen molar-refractivity contribution in [2.75, 3.05) is 25.5 Å². The predicted molar refractivity (Wildman–Crippen MR) is 93.0 cm³/mol. The lowest BCUT2D eigenvalue weighted by atomic mass is 10.1. The summed E-state index contributed by atoms with van der Waals surface area (Å²) in [5, 5.41) is 7.10. The molecule has 25 heavy (non-hydrogen) atoms. The van der Waals surface area contributed by atoms with E-state index in [0.717, 1.165) is 25.0 Å². The minimum atomic E-state index is -0.255. The fourth-order valence-electron chi connectivity index (χ4n) is 2.79. The summed E-state index contributed by atoms with van der Waals surface area (Å²) >= 11 is 0. The lowest BCUT2D eigenvalue weighted by Crippen LogP contribution is -2.32. The summed E-state index contributed by atoms with van der Waals surface area (Å²) in [5.41, 5.74) is 1.65. The van der Waals surface area contributed by atoms with Crippen LogP contribution >= 0.6 is 0 Å². The molecule has 0 bridgehead atoms. The molecule has 1 atom stereocenters. The molecule has 2 amide bonds. The maximum absolute atomic E-state index is 12.9. The maximum atomic E-state index is 12.9. The zero-order chi connectivity index (χ0) is 17.6. The normalized spacial score (nSPS) is 16.8. The van der Waals surface area contributed by atoms with Crippen LogP contribution in [-0.2, 0) is 17.7 Å². The quantitative estimate of drug-likeness (QED) is 0.875. The summed E-state index contributed by atoms with van der Waals surface area (Å²) in [6, 6.07) is 6.13. The molecule has 2 aromatic rings. The number of rotatable bonds is 6. The minimum absolute atomic E-state index is 0.196. The number of carbonyl (C=O) groups is 1. The second kappa shape index (κ2) is 8.11. The molecular formula is C18H23FN4O2. The van der Waals surface area contributed by atoms with E-state index in [9.17, 15) is 9.18 Å². The van der Waals surface area contributed by atoms with Crippen molar-refractivity contribution < 1.29 is 13.9 Å². The molecule has 7 heteroatoms. The van der Waals surface area contributed by atoms with Gasteiger partial charge in [-0.1, -0.05) is 12.1 Å². The van der Waals surface area contributed by atoms with Gasteiger partial charge in [-0.15, -0.1) is 0 Å². The molecule has 0 saturated carbocycles. The van der Waals surface area contributed by atoms with E-state index in [4.69, 9.17) is 4.74 Å². The second-order valence-corrected chi connectivity index (χ2v) is 6.31. The van der Waals surface area contributed by atoms with Crippen molar-refractivity contribution in [3.63, 3.8) is 0 Å². The topological polar surface area (TPSA) is 59.4 Å². The van der Waals surface area contributed by atoms with Gasteiger partial charge in [0.05, 0.1) is 24.5 Å². The van der Waals surface area contributed by atoms with E-state index in [0.29, 0.717) is 25.2 Å². The number of hydrogen-bond acceptors (Lipinski definition) is 3. The number of nitrogens with one attached hydrogen (secondary N) is 1. The number of benzene rings is 1. The predicted octanol–water partition coefficient (Wildman–Crippen LogP) is 2.91. The highest BCUT2D eigenvalue weighted by Gasteiger charge is 2.17. The van der Waals surface area contributed by atoms with Crippen molar-refractivity contribution in [2.45, 2.75) is 31.9 Å². The molecule has 0 spiro atoms. The Balaban J connectivity index is 1.46. The van der Waals surface area contributed by atoms with Crippen LogP contribution in [0.1, 0.15) is 18.4 Å². The van der Waals surface area contributed by atoms with Gasteiger partial charge in [0, 0.05) is 26.4 Å². The Bertz CT molecular complexity index is 695. The zero-order valence-electron chi connectivity index (χ0n) is 14.3. The molecule has 1 saturated heterocycles. The summed E-state index contributed by atoms with van der Waals surface area (Å²) in [7, 11) is 1.73. The van der Waals surface area contributed by atoms with E-state index in [1.165, 1.54) is 12.1 Å². The molecule has 1 fully saturated rings. The summed E-state index contributed by atoms with van der Waals surface area (Å²) in [5.74, 6) is -0.255. The van der Waals surface area contributed by atoms with Crippen LogP contribution in [0.5, 0.6) is 0 Å². The highest BCUT2D eigenvalue weighted by atomic mass is 19.1. The van der Waals surface area contributed by atoms with Crippen LogP contribution in [0.2, 0.25) is 0 Å². The molecule has 134 valence electrons. The van der Waals surface area contributed by atoms with Gasteiger partial charge >= 0.3 is 6.03 Å². The molecular weight excluding hydrogens is 323 g/mol. The Morgan fingerprint density at radius 3 is 2.96 bits per heavy atom. The number of halogens is 1. The standard InChI is InChI=1S/C18H23FN4O2/c1-22(9-8-14-4-6-15(19)7-5-14)18(24)21-16-11-20-23(12-16)13-17-3-2-10-25-17/h4-7,11-12,17H,2-3,8-10,13H2,1H3,(H,21,24). The first-order chi connectivity index (χ1) is 12.1. The second-order valence-electron chi connectivity index (χ2n) is 6.31. The first-order valence-electron chi connectivity index (χ1n) is 8.51. The Hall–Kier alpha value is -2.41. The van der Waals surface area contributed by atoms with Crippen LogP contribution in [0.15, 0.2) is 36.7 Å². The molecule has 1 unspecified atom stereocenters. The first kappa shape index (κ1) is 17.4. The number of likely N-dealkylation sites (N-methyl/N-ethyl adjacent to an activating group) is 1. The Labute approximate surface area is 146 Å². The third-order valence-electron chi connectivity index (χ3n) is 4.30. The molecule has 2 heterocycles. The summed E-state index contributed by atoms with van der Waals surface area (Å²) < 4.78 is 20.3. The molecule has 1 aliphatic heterocycles. The average molecular weight is 346 g/mol. The van der Waals surface area contributed by atoms with Crippen molar-refractivity contribution in [3.05, 3.63) is 48.0 Å². The van der Waals surface area contributed by atoms with E-state index in [1.54, 1.807) is 35.0 Å². The third-order valence-corrected chi connectivity index (χ3v) is 4.30. The number of carbonyl (C=O) groups excluding carboxylic acids is 1. The molecule has 3 rings (SSSR count).